The SMILES string of the molecule is Cc1ccc([C@@H]2CNCCN2)c(O)c1[N+](=O)[O-]. The van der Waals surface area contributed by atoms with Gasteiger partial charge in [0, 0.05) is 36.8 Å². The van der Waals surface area contributed by atoms with E-state index in [0.717, 1.165) is 13.1 Å². The summed E-state index contributed by atoms with van der Waals surface area (Å²) in [5.41, 5.74) is 0.851. The summed E-state index contributed by atoms with van der Waals surface area (Å²) in [6.45, 7) is 3.93. The number of hydrogen-bond acceptors (Lipinski definition) is 5. The maximum atomic E-state index is 10.9. The second-order valence-electron chi connectivity index (χ2n) is 4.14. The molecule has 0 unspecified atom stereocenters. The number of nitro groups is 1. The molecule has 0 spiro atoms. The van der Waals surface area contributed by atoms with Crippen LogP contribution in [-0.2, 0) is 0 Å². The van der Waals surface area contributed by atoms with Crippen LogP contribution in [0.25, 0.3) is 0 Å². The van der Waals surface area contributed by atoms with E-state index in [-0.39, 0.29) is 17.5 Å². The third-order valence-electron chi connectivity index (χ3n) is 2.98. The third-order valence-corrected chi connectivity index (χ3v) is 2.98. The highest BCUT2D eigenvalue weighted by Crippen LogP contribution is 2.36. The average molecular weight is 237 g/mol. The van der Waals surface area contributed by atoms with Crippen molar-refractivity contribution in [3.63, 3.8) is 0 Å². The highest BCUT2D eigenvalue weighted by atomic mass is 16.6. The van der Waals surface area contributed by atoms with Crippen LogP contribution in [0, 0.1) is 17.0 Å². The minimum atomic E-state index is -0.537. The summed E-state index contributed by atoms with van der Waals surface area (Å²) in [6, 6.07) is 3.33. The summed E-state index contributed by atoms with van der Waals surface area (Å²) in [7, 11) is 0. The monoisotopic (exact) mass is 237 g/mol. The molecule has 1 fully saturated rings. The van der Waals surface area contributed by atoms with Crippen LogP contribution in [0.4, 0.5) is 5.69 Å². The van der Waals surface area contributed by atoms with Crippen LogP contribution in [0.3, 0.4) is 0 Å². The van der Waals surface area contributed by atoms with E-state index >= 15 is 0 Å². The number of nitro benzene ring substituents is 1. The Bertz CT molecular complexity index is 442. The number of piperazine rings is 1. The van der Waals surface area contributed by atoms with E-state index in [1.807, 2.05) is 0 Å². The molecule has 0 aromatic heterocycles. The van der Waals surface area contributed by atoms with Crippen LogP contribution in [0.2, 0.25) is 0 Å². The third kappa shape index (κ3) is 2.22. The Kier molecular flexibility index (Phi) is 3.26. The van der Waals surface area contributed by atoms with Gasteiger partial charge in [0.2, 0.25) is 0 Å². The van der Waals surface area contributed by atoms with E-state index in [1.165, 1.54) is 0 Å². The van der Waals surface area contributed by atoms with Gasteiger partial charge in [-0.05, 0) is 6.92 Å². The second kappa shape index (κ2) is 4.68. The Morgan fingerprint density at radius 2 is 2.24 bits per heavy atom. The van der Waals surface area contributed by atoms with Crippen molar-refractivity contribution in [3.05, 3.63) is 33.4 Å². The van der Waals surface area contributed by atoms with E-state index < -0.39 is 4.92 Å². The van der Waals surface area contributed by atoms with E-state index in [0.29, 0.717) is 17.7 Å². The summed E-state index contributed by atoms with van der Waals surface area (Å²) >= 11 is 0. The van der Waals surface area contributed by atoms with Crippen molar-refractivity contribution in [3.8, 4) is 5.75 Å². The molecule has 1 aliphatic rings. The van der Waals surface area contributed by atoms with Crippen molar-refractivity contribution in [2.24, 2.45) is 0 Å². The lowest BCUT2D eigenvalue weighted by molar-refractivity contribution is -0.386. The Morgan fingerprint density at radius 1 is 1.47 bits per heavy atom. The molecule has 0 amide bonds. The molecule has 0 saturated carbocycles. The summed E-state index contributed by atoms with van der Waals surface area (Å²) in [5, 5.41) is 27.3. The minimum Gasteiger partial charge on any atom is -0.502 e. The molecule has 92 valence electrons. The molecule has 3 N–H and O–H groups in total. The van der Waals surface area contributed by atoms with Gasteiger partial charge in [0.05, 0.1) is 4.92 Å². The van der Waals surface area contributed by atoms with Crippen molar-refractivity contribution >= 4 is 5.69 Å². The normalized spacial score (nSPS) is 20.2. The molecule has 1 saturated heterocycles. The first kappa shape index (κ1) is 11.8. The average Bonchev–Trinajstić information content (AvgIpc) is 2.30. The molecule has 2 rings (SSSR count). The van der Waals surface area contributed by atoms with Gasteiger partial charge in [-0.1, -0.05) is 12.1 Å². The lowest BCUT2D eigenvalue weighted by Crippen LogP contribution is -2.42. The van der Waals surface area contributed by atoms with E-state index in [2.05, 4.69) is 10.6 Å². The van der Waals surface area contributed by atoms with Gasteiger partial charge >= 0.3 is 5.69 Å². The maximum Gasteiger partial charge on any atom is 0.313 e. The molecule has 1 aliphatic heterocycles. The highest BCUT2D eigenvalue weighted by Gasteiger charge is 2.25. The van der Waals surface area contributed by atoms with Gasteiger partial charge in [0.15, 0.2) is 5.75 Å². The minimum absolute atomic E-state index is 0.0805. The van der Waals surface area contributed by atoms with Crippen molar-refractivity contribution in [2.75, 3.05) is 19.6 Å². The molecule has 6 heteroatoms. The summed E-state index contributed by atoms with van der Waals surface area (Å²) < 4.78 is 0. The van der Waals surface area contributed by atoms with Crippen LogP contribution < -0.4 is 10.6 Å². The first-order chi connectivity index (χ1) is 8.11. The van der Waals surface area contributed by atoms with Crippen molar-refractivity contribution in [1.29, 1.82) is 0 Å². The van der Waals surface area contributed by atoms with Crippen LogP contribution in [0.1, 0.15) is 17.2 Å². The van der Waals surface area contributed by atoms with Gasteiger partial charge in [-0.3, -0.25) is 10.1 Å². The summed E-state index contributed by atoms with van der Waals surface area (Å²) in [6.07, 6.45) is 0. The number of nitrogens with zero attached hydrogens (tertiary/aromatic N) is 1. The molecular formula is C11H15N3O3. The van der Waals surface area contributed by atoms with Crippen molar-refractivity contribution in [1.82, 2.24) is 10.6 Å². The van der Waals surface area contributed by atoms with Crippen LogP contribution >= 0.6 is 0 Å². The fraction of sp³-hybridized carbons (Fsp3) is 0.455. The van der Waals surface area contributed by atoms with Gasteiger partial charge in [0.25, 0.3) is 0 Å². The molecule has 0 radical (unpaired) electrons. The topological polar surface area (TPSA) is 87.4 Å². The van der Waals surface area contributed by atoms with Crippen LogP contribution in [-0.4, -0.2) is 29.7 Å². The molecular weight excluding hydrogens is 222 g/mol. The largest absolute Gasteiger partial charge is 0.502 e. The molecule has 1 atom stereocenters. The molecule has 1 heterocycles. The quantitative estimate of drug-likeness (QED) is 0.524. The van der Waals surface area contributed by atoms with Crippen molar-refractivity contribution in [2.45, 2.75) is 13.0 Å². The van der Waals surface area contributed by atoms with Crippen LogP contribution in [0.5, 0.6) is 5.75 Å². The van der Waals surface area contributed by atoms with Crippen molar-refractivity contribution < 1.29 is 10.0 Å². The number of phenols is 1. The Hall–Kier alpha value is -1.66. The first-order valence-electron chi connectivity index (χ1n) is 5.52. The number of rotatable bonds is 2. The summed E-state index contributed by atoms with van der Waals surface area (Å²) in [4.78, 5) is 10.3. The fourth-order valence-corrected chi connectivity index (χ4v) is 2.08. The molecule has 0 bridgehead atoms. The molecule has 1 aromatic rings. The van der Waals surface area contributed by atoms with Gasteiger partial charge in [-0.2, -0.15) is 0 Å². The zero-order chi connectivity index (χ0) is 12.4. The standard InChI is InChI=1S/C11H15N3O3/c1-7-2-3-8(9-6-12-4-5-13-9)11(15)10(7)14(16)17/h2-3,9,12-13,15H,4-6H2,1H3/t9-/m0/s1. The van der Waals surface area contributed by atoms with E-state index in [9.17, 15) is 15.2 Å². The Balaban J connectivity index is 2.41. The predicted molar refractivity (Wildman–Crippen MR) is 63.1 cm³/mol. The second-order valence-corrected chi connectivity index (χ2v) is 4.14. The number of phenolic OH excluding ortho intramolecular Hbond substituents is 1. The highest BCUT2D eigenvalue weighted by molar-refractivity contribution is 5.56. The number of aryl methyl sites for hydroxylation is 1. The van der Waals surface area contributed by atoms with Crippen LogP contribution in [0.15, 0.2) is 12.1 Å². The van der Waals surface area contributed by atoms with Gasteiger partial charge in [-0.15, -0.1) is 0 Å². The predicted octanol–water partition coefficient (Wildman–Crippen LogP) is 0.843. The van der Waals surface area contributed by atoms with E-state index in [4.69, 9.17) is 0 Å². The molecule has 0 aliphatic carbocycles. The Labute approximate surface area is 98.8 Å². The number of hydrogen-bond donors (Lipinski definition) is 3. The fourth-order valence-electron chi connectivity index (χ4n) is 2.08. The molecule has 6 nitrogen and oxygen atoms in total. The number of benzene rings is 1. The molecule has 17 heavy (non-hydrogen) atoms. The Morgan fingerprint density at radius 3 is 2.82 bits per heavy atom. The zero-order valence-corrected chi connectivity index (χ0v) is 9.56. The number of nitrogens with one attached hydrogen (secondary N) is 2. The molecule has 1 aromatic carbocycles. The first-order valence-corrected chi connectivity index (χ1v) is 5.52. The van der Waals surface area contributed by atoms with Gasteiger partial charge in [0.1, 0.15) is 0 Å². The lowest BCUT2D eigenvalue weighted by Gasteiger charge is -2.25. The van der Waals surface area contributed by atoms with E-state index in [1.54, 1.807) is 19.1 Å². The summed E-state index contributed by atoms with van der Waals surface area (Å²) in [5.74, 6) is -0.226. The lowest BCUT2D eigenvalue weighted by atomic mass is 10.0. The smallest absolute Gasteiger partial charge is 0.313 e. The van der Waals surface area contributed by atoms with Gasteiger partial charge in [-0.25, -0.2) is 0 Å². The maximum absolute atomic E-state index is 10.9. The zero-order valence-electron chi connectivity index (χ0n) is 9.56. The van der Waals surface area contributed by atoms with Gasteiger partial charge < -0.3 is 15.7 Å². The number of aromatic hydroxyl groups is 1.